The molecular formula is C37H55Cl3N2O4. The number of benzene rings is 2. The second kappa shape index (κ2) is 20.9. The summed E-state index contributed by atoms with van der Waals surface area (Å²) >= 11 is 17.2. The van der Waals surface area contributed by atoms with Gasteiger partial charge in [0.25, 0.3) is 9.70 Å². The molecule has 1 aliphatic heterocycles. The number of carbonyl (C=O) groups excluding carboxylic acids is 1. The summed E-state index contributed by atoms with van der Waals surface area (Å²) in [5.74, 6) is -0.609. The minimum absolute atomic E-state index is 0.00271. The lowest BCUT2D eigenvalue weighted by Crippen LogP contribution is -2.45. The van der Waals surface area contributed by atoms with E-state index < -0.39 is 16.0 Å². The lowest BCUT2D eigenvalue weighted by Gasteiger charge is -2.43. The molecule has 1 aliphatic rings. The summed E-state index contributed by atoms with van der Waals surface area (Å²) in [6, 6.07) is 15.3. The van der Waals surface area contributed by atoms with Crippen LogP contribution < -0.4 is 5.32 Å². The van der Waals surface area contributed by atoms with Crippen molar-refractivity contribution in [3.8, 4) is 0 Å². The predicted molar refractivity (Wildman–Crippen MR) is 192 cm³/mol. The molecule has 1 saturated heterocycles. The van der Waals surface area contributed by atoms with Crippen molar-refractivity contribution < 1.29 is 19.4 Å². The molecule has 2 aromatic carbocycles. The molecule has 46 heavy (non-hydrogen) atoms. The van der Waals surface area contributed by atoms with Gasteiger partial charge in [-0.15, -0.1) is 0 Å². The van der Waals surface area contributed by atoms with E-state index in [1.54, 1.807) is 12.1 Å². The Labute approximate surface area is 292 Å². The fourth-order valence-electron chi connectivity index (χ4n) is 6.03. The first kappa shape index (κ1) is 39.1. The monoisotopic (exact) mass is 696 g/mol. The third kappa shape index (κ3) is 13.3. The number of unbranched alkanes of at least 4 members (excludes halogenated alkanes) is 10. The highest BCUT2D eigenvalue weighted by molar-refractivity contribution is 6.76. The average Bonchev–Trinajstić information content (AvgIpc) is 3.05. The Balaban J connectivity index is 1.77. The molecule has 2 N–H and O–H groups in total. The first-order valence-electron chi connectivity index (χ1n) is 17.4. The van der Waals surface area contributed by atoms with Crippen LogP contribution in [0.25, 0.3) is 0 Å². The molecule has 9 heteroatoms. The SMILES string of the molecule is CCCCCCCCN(CCCCCCCC)CC1OC(c2ccc(NC(=O)C(Cl)(Cl)Cl)cc2)OC(c2ccc(CO)cc2)C1C. The lowest BCUT2D eigenvalue weighted by atomic mass is 9.90. The highest BCUT2D eigenvalue weighted by Gasteiger charge is 2.39. The van der Waals surface area contributed by atoms with Gasteiger partial charge < -0.3 is 24.8 Å². The third-order valence-electron chi connectivity index (χ3n) is 8.92. The molecule has 0 aromatic heterocycles. The van der Waals surface area contributed by atoms with Crippen LogP contribution in [0.2, 0.25) is 0 Å². The summed E-state index contributed by atoms with van der Waals surface area (Å²) in [6.45, 7) is 9.74. The Morgan fingerprint density at radius 1 is 0.783 bits per heavy atom. The highest BCUT2D eigenvalue weighted by atomic mass is 35.6. The second-order valence-electron chi connectivity index (χ2n) is 12.7. The van der Waals surface area contributed by atoms with E-state index in [9.17, 15) is 9.90 Å². The number of nitrogens with zero attached hydrogens (tertiary/aromatic N) is 1. The van der Waals surface area contributed by atoms with Crippen LogP contribution in [0.15, 0.2) is 48.5 Å². The van der Waals surface area contributed by atoms with E-state index in [2.05, 4.69) is 31.0 Å². The van der Waals surface area contributed by atoms with Crippen molar-refractivity contribution in [1.29, 1.82) is 0 Å². The van der Waals surface area contributed by atoms with E-state index in [-0.39, 0.29) is 24.7 Å². The molecule has 0 saturated carbocycles. The van der Waals surface area contributed by atoms with E-state index in [1.807, 2.05) is 36.4 Å². The van der Waals surface area contributed by atoms with E-state index in [0.717, 1.165) is 36.3 Å². The fraction of sp³-hybridized carbons (Fsp3) is 0.649. The molecule has 0 radical (unpaired) electrons. The Hall–Kier alpha value is -1.38. The summed E-state index contributed by atoms with van der Waals surface area (Å²) < 4.78 is 11.4. The molecule has 1 amide bonds. The first-order valence-corrected chi connectivity index (χ1v) is 18.5. The van der Waals surface area contributed by atoms with E-state index >= 15 is 0 Å². The molecule has 1 fully saturated rings. The van der Waals surface area contributed by atoms with Gasteiger partial charge in [0, 0.05) is 23.7 Å². The van der Waals surface area contributed by atoms with Gasteiger partial charge in [0.05, 0.1) is 18.8 Å². The maximum Gasteiger partial charge on any atom is 0.276 e. The Morgan fingerprint density at radius 2 is 1.30 bits per heavy atom. The molecule has 2 aromatic rings. The van der Waals surface area contributed by atoms with Crippen molar-refractivity contribution in [3.63, 3.8) is 0 Å². The number of rotatable bonds is 20. The Morgan fingerprint density at radius 3 is 1.83 bits per heavy atom. The van der Waals surface area contributed by atoms with E-state index in [0.29, 0.717) is 5.69 Å². The van der Waals surface area contributed by atoms with Crippen molar-refractivity contribution in [2.45, 2.75) is 127 Å². The van der Waals surface area contributed by atoms with Gasteiger partial charge in [0.15, 0.2) is 6.29 Å². The van der Waals surface area contributed by atoms with Crippen LogP contribution in [0.4, 0.5) is 5.69 Å². The number of ether oxygens (including phenoxy) is 2. The van der Waals surface area contributed by atoms with Crippen LogP contribution in [0.3, 0.4) is 0 Å². The van der Waals surface area contributed by atoms with Crippen LogP contribution in [0.1, 0.15) is 127 Å². The smallest absolute Gasteiger partial charge is 0.276 e. The Bertz CT molecular complexity index is 1110. The predicted octanol–water partition coefficient (Wildman–Crippen LogP) is 10.3. The van der Waals surface area contributed by atoms with Crippen molar-refractivity contribution in [1.82, 2.24) is 4.90 Å². The van der Waals surface area contributed by atoms with Gasteiger partial charge in [-0.3, -0.25) is 4.79 Å². The number of hydrogen-bond donors (Lipinski definition) is 2. The van der Waals surface area contributed by atoms with Crippen LogP contribution in [-0.2, 0) is 20.9 Å². The quantitative estimate of drug-likeness (QED) is 0.106. The van der Waals surface area contributed by atoms with Crippen LogP contribution in [-0.4, -0.2) is 45.4 Å². The van der Waals surface area contributed by atoms with Crippen molar-refractivity contribution in [2.24, 2.45) is 5.92 Å². The molecule has 6 nitrogen and oxygen atoms in total. The van der Waals surface area contributed by atoms with Gasteiger partial charge in [-0.1, -0.05) is 156 Å². The summed E-state index contributed by atoms with van der Waals surface area (Å²) in [5, 5.41) is 12.2. The number of alkyl halides is 3. The minimum Gasteiger partial charge on any atom is -0.392 e. The molecule has 0 spiro atoms. The zero-order chi connectivity index (χ0) is 33.4. The van der Waals surface area contributed by atoms with Crippen LogP contribution in [0.5, 0.6) is 0 Å². The number of carbonyl (C=O) groups is 1. The molecule has 258 valence electrons. The maximum absolute atomic E-state index is 12.2. The zero-order valence-electron chi connectivity index (χ0n) is 28.0. The van der Waals surface area contributed by atoms with E-state index in [4.69, 9.17) is 44.3 Å². The number of amides is 1. The summed E-state index contributed by atoms with van der Waals surface area (Å²) in [6.07, 6.45) is 14.5. The molecule has 3 rings (SSSR count). The highest BCUT2D eigenvalue weighted by Crippen LogP contribution is 2.42. The van der Waals surface area contributed by atoms with Gasteiger partial charge >= 0.3 is 0 Å². The van der Waals surface area contributed by atoms with Gasteiger partial charge in [-0.2, -0.15) is 0 Å². The number of nitrogens with one attached hydrogen (secondary N) is 1. The van der Waals surface area contributed by atoms with Gasteiger partial charge in [0.2, 0.25) is 0 Å². The standard InChI is InChI=1S/C37H55Cl3N2O4/c1-4-6-8-10-12-14-24-42(25-15-13-11-9-7-5-2)26-33-28(3)34(30-18-16-29(27-43)17-19-30)46-35(45-33)31-20-22-32(23-21-31)41-36(44)37(38,39)40/h16-23,28,33-35,43H,4-15,24-27H2,1-3H3,(H,41,44). The number of aliphatic hydroxyl groups is 1. The first-order chi connectivity index (χ1) is 22.2. The van der Waals surface area contributed by atoms with E-state index in [1.165, 1.54) is 77.0 Å². The van der Waals surface area contributed by atoms with Gasteiger partial charge in [-0.25, -0.2) is 0 Å². The average molecular weight is 698 g/mol. The number of anilines is 1. The van der Waals surface area contributed by atoms with Crippen molar-refractivity contribution >= 4 is 46.4 Å². The number of hydrogen-bond acceptors (Lipinski definition) is 5. The zero-order valence-corrected chi connectivity index (χ0v) is 30.3. The topological polar surface area (TPSA) is 71.0 Å². The molecular weight excluding hydrogens is 643 g/mol. The lowest BCUT2D eigenvalue weighted by molar-refractivity contribution is -0.276. The molecule has 0 aliphatic carbocycles. The molecule has 4 atom stereocenters. The summed E-state index contributed by atoms with van der Waals surface area (Å²) in [7, 11) is 0. The number of halogens is 3. The van der Waals surface area contributed by atoms with Crippen molar-refractivity contribution in [3.05, 3.63) is 65.2 Å². The van der Waals surface area contributed by atoms with Gasteiger partial charge in [-0.05, 0) is 49.2 Å². The summed E-state index contributed by atoms with van der Waals surface area (Å²) in [4.78, 5) is 14.8. The fourth-order valence-corrected chi connectivity index (χ4v) is 6.18. The second-order valence-corrected chi connectivity index (χ2v) is 15.0. The third-order valence-corrected chi connectivity index (χ3v) is 9.43. The maximum atomic E-state index is 12.2. The number of aliphatic hydroxyl groups excluding tert-OH is 1. The summed E-state index contributed by atoms with van der Waals surface area (Å²) in [5.41, 5.74) is 3.29. The minimum atomic E-state index is -2.05. The van der Waals surface area contributed by atoms with Crippen molar-refractivity contribution in [2.75, 3.05) is 25.0 Å². The largest absolute Gasteiger partial charge is 0.392 e. The molecule has 1 heterocycles. The normalized spacial score (nSPS) is 20.3. The van der Waals surface area contributed by atoms with Crippen LogP contribution in [0, 0.1) is 5.92 Å². The molecule has 0 bridgehead atoms. The van der Waals surface area contributed by atoms with Gasteiger partial charge in [0.1, 0.15) is 0 Å². The molecule has 4 unspecified atom stereocenters. The Kier molecular flexibility index (Phi) is 17.7. The van der Waals surface area contributed by atoms with Crippen LogP contribution >= 0.6 is 34.8 Å².